The lowest BCUT2D eigenvalue weighted by atomic mass is 10.2. The normalized spacial score (nSPS) is 10.7. The van der Waals surface area contributed by atoms with Gasteiger partial charge in [0.1, 0.15) is 0 Å². The van der Waals surface area contributed by atoms with Crippen LogP contribution in [0.25, 0.3) is 0 Å². The zero-order valence-corrected chi connectivity index (χ0v) is 18.8. The van der Waals surface area contributed by atoms with Crippen molar-refractivity contribution in [3.63, 3.8) is 0 Å². The summed E-state index contributed by atoms with van der Waals surface area (Å²) in [4.78, 5) is 7.89. The Labute approximate surface area is 178 Å². The summed E-state index contributed by atoms with van der Waals surface area (Å²) in [6, 6.07) is 17.3. The average molecular weight is 537 g/mol. The van der Waals surface area contributed by atoms with Gasteiger partial charge in [-0.15, -0.1) is 11.8 Å². The summed E-state index contributed by atoms with van der Waals surface area (Å²) >= 11 is 8.23. The van der Waals surface area contributed by atoms with Crippen LogP contribution in [0.5, 0.6) is 0 Å². The summed E-state index contributed by atoms with van der Waals surface area (Å²) in [7, 11) is 1.33. The van der Waals surface area contributed by atoms with Crippen molar-refractivity contribution in [2.24, 2.45) is 0 Å². The molecule has 2 aromatic heterocycles. The number of halogens is 3. The second-order valence-corrected chi connectivity index (χ2v) is 10.2. The first-order valence-corrected chi connectivity index (χ1v) is 12.1. The molecule has 4 nitrogen and oxygen atoms in total. The van der Waals surface area contributed by atoms with Gasteiger partial charge in [-0.25, -0.2) is 18.4 Å². The molecule has 0 spiro atoms. The van der Waals surface area contributed by atoms with Crippen LogP contribution in [0.1, 0.15) is 5.56 Å². The van der Waals surface area contributed by atoms with Crippen LogP contribution in [0.4, 0.5) is 0 Å². The Bertz CT molecular complexity index is 923. The van der Waals surface area contributed by atoms with Crippen molar-refractivity contribution in [1.82, 2.24) is 9.97 Å². The fourth-order valence-corrected chi connectivity index (χ4v) is 3.64. The van der Waals surface area contributed by atoms with Crippen LogP contribution in [-0.2, 0) is 14.8 Å². The highest BCUT2D eigenvalue weighted by molar-refractivity contribution is 9.10. The summed E-state index contributed by atoms with van der Waals surface area (Å²) in [6.07, 6.45) is 3.20. The van der Waals surface area contributed by atoms with Crippen LogP contribution in [-0.4, -0.2) is 18.4 Å². The lowest BCUT2D eigenvalue weighted by Crippen LogP contribution is -1.93. The van der Waals surface area contributed by atoms with Crippen molar-refractivity contribution < 1.29 is 8.42 Å². The van der Waals surface area contributed by atoms with Crippen molar-refractivity contribution >= 4 is 63.4 Å². The smallest absolute Gasteiger partial charge is 0.249 e. The minimum Gasteiger partial charge on any atom is -0.249 e. The molecule has 3 aromatic rings. The molecule has 0 amide bonds. The van der Waals surface area contributed by atoms with E-state index in [4.69, 9.17) is 10.7 Å². The third-order valence-corrected chi connectivity index (χ3v) is 6.05. The summed E-state index contributed by atoms with van der Waals surface area (Å²) in [5.74, 6) is 0.968. The Morgan fingerprint density at radius 3 is 2.00 bits per heavy atom. The summed E-state index contributed by atoms with van der Waals surface area (Å²) in [5, 5.41) is 0.921. The number of rotatable bonds is 4. The molecule has 3 rings (SSSR count). The lowest BCUT2D eigenvalue weighted by molar-refractivity contribution is 0.606. The fraction of sp³-hybridized carbons (Fsp3) is 0.0588. The molecule has 0 fully saturated rings. The number of nitrogens with zero attached hydrogens (tertiary/aromatic N) is 2. The van der Waals surface area contributed by atoms with Gasteiger partial charge in [-0.2, -0.15) is 0 Å². The molecule has 9 heteroatoms. The lowest BCUT2D eigenvalue weighted by Gasteiger charge is -2.00. The Kier molecular flexibility index (Phi) is 8.56. The molecule has 0 unspecified atom stereocenters. The average Bonchev–Trinajstić information content (AvgIpc) is 2.62. The maximum absolute atomic E-state index is 10.6. The van der Waals surface area contributed by atoms with Gasteiger partial charge in [0.15, 0.2) is 5.03 Å². The first kappa shape index (κ1) is 21.4. The number of benzene rings is 1. The van der Waals surface area contributed by atoms with Crippen LogP contribution < -0.4 is 0 Å². The van der Waals surface area contributed by atoms with Gasteiger partial charge in [0.05, 0.1) is 5.03 Å². The number of pyridine rings is 2. The molecule has 2 heterocycles. The summed E-state index contributed by atoms with van der Waals surface area (Å²) in [5.41, 5.74) is 1.33. The molecule has 0 saturated heterocycles. The van der Waals surface area contributed by atoms with Crippen molar-refractivity contribution in [2.75, 3.05) is 0 Å². The highest BCUT2D eigenvalue weighted by Crippen LogP contribution is 2.21. The molecule has 0 aliphatic heterocycles. The maximum Gasteiger partial charge on any atom is 0.278 e. The second kappa shape index (κ2) is 10.4. The molecule has 0 N–H and O–H groups in total. The predicted octanol–water partition coefficient (Wildman–Crippen LogP) is 5.91. The monoisotopic (exact) mass is 534 g/mol. The first-order valence-electron chi connectivity index (χ1n) is 7.19. The van der Waals surface area contributed by atoms with E-state index in [2.05, 4.69) is 66.1 Å². The van der Waals surface area contributed by atoms with Crippen LogP contribution in [0.2, 0.25) is 0 Å². The van der Waals surface area contributed by atoms with Gasteiger partial charge in [0.25, 0.3) is 9.05 Å². The van der Waals surface area contributed by atoms with Crippen LogP contribution in [0.3, 0.4) is 0 Å². The number of thioether (sulfide) groups is 1. The van der Waals surface area contributed by atoms with E-state index in [1.807, 2.05) is 24.4 Å². The summed E-state index contributed by atoms with van der Waals surface area (Å²) < 4.78 is 23.0. The highest BCUT2D eigenvalue weighted by Gasteiger charge is 2.09. The third kappa shape index (κ3) is 7.75. The molecule has 0 radical (unpaired) electrons. The van der Waals surface area contributed by atoms with E-state index in [0.717, 1.165) is 15.3 Å². The molecule has 1 aromatic carbocycles. The molecular formula is C17H13Br2ClN2O2S2. The largest absolute Gasteiger partial charge is 0.278 e. The van der Waals surface area contributed by atoms with E-state index < -0.39 is 9.05 Å². The van der Waals surface area contributed by atoms with E-state index in [-0.39, 0.29) is 5.03 Å². The van der Waals surface area contributed by atoms with E-state index >= 15 is 0 Å². The number of aromatic nitrogens is 2. The standard InChI is InChI=1S/C12H10BrNS.C5H3BrClNO2S/c13-11-6-7-12(14-8-11)15-9-10-4-2-1-3-5-10;6-4-1-2-5(8-3-4)11(7,9)10/h1-8H,9H2;1-3H. The topological polar surface area (TPSA) is 59.9 Å². The number of hydrogen-bond acceptors (Lipinski definition) is 5. The van der Waals surface area contributed by atoms with E-state index in [1.54, 1.807) is 17.8 Å². The maximum atomic E-state index is 10.6. The zero-order chi connectivity index (χ0) is 19.0. The van der Waals surface area contributed by atoms with Gasteiger partial charge in [-0.3, -0.25) is 0 Å². The Balaban J connectivity index is 0.000000197. The van der Waals surface area contributed by atoms with Gasteiger partial charge in [0, 0.05) is 37.8 Å². The molecule has 136 valence electrons. The Hall–Kier alpha value is -0.930. The minimum absolute atomic E-state index is 0.137. The van der Waals surface area contributed by atoms with Crippen molar-refractivity contribution in [3.05, 3.63) is 81.5 Å². The van der Waals surface area contributed by atoms with Crippen LogP contribution in [0, 0.1) is 0 Å². The Morgan fingerprint density at radius 1 is 0.885 bits per heavy atom. The summed E-state index contributed by atoms with van der Waals surface area (Å²) in [6.45, 7) is 0. The van der Waals surface area contributed by atoms with E-state index in [0.29, 0.717) is 4.47 Å². The van der Waals surface area contributed by atoms with Crippen molar-refractivity contribution in [1.29, 1.82) is 0 Å². The fourth-order valence-electron chi connectivity index (χ4n) is 1.69. The zero-order valence-electron chi connectivity index (χ0n) is 13.2. The number of hydrogen-bond donors (Lipinski definition) is 0. The highest BCUT2D eigenvalue weighted by atomic mass is 79.9. The second-order valence-electron chi connectivity index (χ2n) is 4.84. The van der Waals surface area contributed by atoms with Gasteiger partial charge in [-0.05, 0) is 61.7 Å². The Morgan fingerprint density at radius 2 is 1.50 bits per heavy atom. The van der Waals surface area contributed by atoms with Crippen LogP contribution >= 0.6 is 54.3 Å². The van der Waals surface area contributed by atoms with E-state index in [9.17, 15) is 8.42 Å². The van der Waals surface area contributed by atoms with Crippen molar-refractivity contribution in [2.45, 2.75) is 15.8 Å². The van der Waals surface area contributed by atoms with Gasteiger partial charge in [0.2, 0.25) is 0 Å². The molecular weight excluding hydrogens is 524 g/mol. The van der Waals surface area contributed by atoms with Gasteiger partial charge in [-0.1, -0.05) is 30.3 Å². The van der Waals surface area contributed by atoms with E-state index in [1.165, 1.54) is 17.8 Å². The van der Waals surface area contributed by atoms with Crippen molar-refractivity contribution in [3.8, 4) is 0 Å². The SMILES string of the molecule is Brc1ccc(SCc2ccccc2)nc1.O=S(=O)(Cl)c1ccc(Br)cn1. The van der Waals surface area contributed by atoms with Gasteiger partial charge >= 0.3 is 0 Å². The molecule has 26 heavy (non-hydrogen) atoms. The minimum atomic E-state index is -3.68. The van der Waals surface area contributed by atoms with Crippen LogP contribution in [0.15, 0.2) is 86.0 Å². The predicted molar refractivity (Wildman–Crippen MR) is 113 cm³/mol. The molecule has 0 bridgehead atoms. The first-order chi connectivity index (χ1) is 12.3. The quantitative estimate of drug-likeness (QED) is 0.307. The molecule has 0 saturated carbocycles. The molecule has 0 aliphatic rings. The third-order valence-electron chi connectivity index (χ3n) is 2.88. The van der Waals surface area contributed by atoms with Gasteiger partial charge < -0.3 is 0 Å². The molecule has 0 aliphatic carbocycles. The molecule has 0 atom stereocenters.